The van der Waals surface area contributed by atoms with Crippen molar-refractivity contribution in [2.75, 3.05) is 0 Å². The van der Waals surface area contributed by atoms with Crippen LogP contribution in [0, 0.1) is 0 Å². The first-order valence-electron chi connectivity index (χ1n) is 4.48. The maximum atomic E-state index is 10.5. The monoisotopic (exact) mass is 202 g/mol. The Hall–Kier alpha value is -2.17. The molecule has 0 unspecified atom stereocenters. The molecule has 15 heavy (non-hydrogen) atoms. The average molecular weight is 202 g/mol. The second-order valence-electron chi connectivity index (χ2n) is 3.10. The lowest BCUT2D eigenvalue weighted by molar-refractivity contribution is 0.248. The molecular weight excluding hydrogens is 192 g/mol. The molecule has 0 aliphatic rings. The molecule has 0 fully saturated rings. The van der Waals surface area contributed by atoms with Gasteiger partial charge in [0.05, 0.1) is 11.0 Å². The summed E-state index contributed by atoms with van der Waals surface area (Å²) in [7, 11) is 0. The number of carbonyl (C=O) groups is 1. The fourth-order valence-electron chi connectivity index (χ4n) is 1.31. The Morgan fingerprint density at radius 1 is 1.27 bits per heavy atom. The molecule has 0 spiro atoms. The van der Waals surface area contributed by atoms with Crippen molar-refractivity contribution < 1.29 is 4.79 Å². The quantitative estimate of drug-likeness (QED) is 0.755. The Morgan fingerprint density at radius 3 is 2.73 bits per heavy atom. The van der Waals surface area contributed by atoms with Crippen molar-refractivity contribution in [1.29, 1.82) is 0 Å². The smallest absolute Gasteiger partial charge is 0.312 e. The number of hydrogen-bond donors (Lipinski definition) is 2. The summed E-state index contributed by atoms with van der Waals surface area (Å²) < 4.78 is 0. The molecule has 2 rings (SSSR count). The third-order valence-electron chi connectivity index (χ3n) is 2.00. The molecule has 0 saturated heterocycles. The average Bonchev–Trinajstić information content (AvgIpc) is 2.26. The second-order valence-corrected chi connectivity index (χ2v) is 3.10. The topological polar surface area (TPSA) is 80.9 Å². The Morgan fingerprint density at radius 2 is 2.00 bits per heavy atom. The highest BCUT2D eigenvalue weighted by atomic mass is 16.2. The molecular formula is C10H10N4O. The molecule has 0 saturated carbocycles. The van der Waals surface area contributed by atoms with Crippen molar-refractivity contribution >= 4 is 17.1 Å². The lowest BCUT2D eigenvalue weighted by atomic mass is 10.2. The van der Waals surface area contributed by atoms with Gasteiger partial charge in [0, 0.05) is 18.9 Å². The Labute approximate surface area is 86.3 Å². The first-order valence-corrected chi connectivity index (χ1v) is 4.48. The van der Waals surface area contributed by atoms with Gasteiger partial charge in [-0.15, -0.1) is 0 Å². The van der Waals surface area contributed by atoms with Crippen molar-refractivity contribution in [1.82, 2.24) is 15.3 Å². The van der Waals surface area contributed by atoms with Gasteiger partial charge in [0.2, 0.25) is 0 Å². The molecule has 1 aromatic heterocycles. The summed E-state index contributed by atoms with van der Waals surface area (Å²) in [5.74, 6) is 0. The summed E-state index contributed by atoms with van der Waals surface area (Å²) in [6.45, 7) is 0.405. The van der Waals surface area contributed by atoms with Crippen LogP contribution in [0.2, 0.25) is 0 Å². The van der Waals surface area contributed by atoms with Crippen LogP contribution in [0.3, 0.4) is 0 Å². The number of aromatic nitrogens is 2. The Bertz CT molecular complexity index is 498. The molecule has 5 nitrogen and oxygen atoms in total. The zero-order valence-electron chi connectivity index (χ0n) is 7.97. The lowest BCUT2D eigenvalue weighted by Gasteiger charge is -2.02. The summed E-state index contributed by atoms with van der Waals surface area (Å²) in [5, 5.41) is 2.52. The zero-order chi connectivity index (χ0) is 10.7. The van der Waals surface area contributed by atoms with E-state index in [9.17, 15) is 4.79 Å². The van der Waals surface area contributed by atoms with Crippen LogP contribution in [-0.4, -0.2) is 16.0 Å². The van der Waals surface area contributed by atoms with Crippen molar-refractivity contribution in [3.8, 4) is 0 Å². The minimum absolute atomic E-state index is 0.405. The van der Waals surface area contributed by atoms with Crippen LogP contribution in [0.4, 0.5) is 4.79 Å². The van der Waals surface area contributed by atoms with Crippen molar-refractivity contribution in [2.24, 2.45) is 5.73 Å². The van der Waals surface area contributed by atoms with E-state index in [1.54, 1.807) is 12.4 Å². The van der Waals surface area contributed by atoms with Crippen molar-refractivity contribution in [3.05, 3.63) is 36.2 Å². The van der Waals surface area contributed by atoms with E-state index in [0.29, 0.717) is 6.54 Å². The number of amides is 2. The standard InChI is InChI=1S/C10H10N4O/c11-10(15)14-6-7-1-2-8-9(5-7)13-4-3-12-8/h1-5H,6H2,(H3,11,14,15). The van der Waals surface area contributed by atoms with Crippen molar-refractivity contribution in [3.63, 3.8) is 0 Å². The molecule has 3 N–H and O–H groups in total. The van der Waals surface area contributed by atoms with Gasteiger partial charge in [0.1, 0.15) is 0 Å². The van der Waals surface area contributed by atoms with E-state index < -0.39 is 6.03 Å². The van der Waals surface area contributed by atoms with E-state index in [0.717, 1.165) is 16.6 Å². The lowest BCUT2D eigenvalue weighted by Crippen LogP contribution is -2.28. The maximum Gasteiger partial charge on any atom is 0.312 e. The van der Waals surface area contributed by atoms with Gasteiger partial charge in [0.25, 0.3) is 0 Å². The number of urea groups is 1. The molecule has 5 heteroatoms. The Kier molecular flexibility index (Phi) is 2.45. The fraction of sp³-hybridized carbons (Fsp3) is 0.100. The van der Waals surface area contributed by atoms with Crippen LogP contribution in [0.25, 0.3) is 11.0 Å². The van der Waals surface area contributed by atoms with Crippen molar-refractivity contribution in [2.45, 2.75) is 6.54 Å². The van der Waals surface area contributed by atoms with Gasteiger partial charge < -0.3 is 11.1 Å². The number of nitrogens with two attached hydrogens (primary N) is 1. The molecule has 76 valence electrons. The molecule has 0 aliphatic heterocycles. The highest BCUT2D eigenvalue weighted by molar-refractivity contribution is 5.75. The first-order chi connectivity index (χ1) is 7.25. The van der Waals surface area contributed by atoms with Crippen LogP contribution in [0.15, 0.2) is 30.6 Å². The SMILES string of the molecule is NC(=O)NCc1ccc2nccnc2c1. The summed E-state index contributed by atoms with van der Waals surface area (Å²) in [4.78, 5) is 18.8. The molecule has 2 aromatic rings. The molecule has 1 aromatic carbocycles. The summed E-state index contributed by atoms with van der Waals surface area (Å²) in [5.41, 5.74) is 7.56. The number of benzene rings is 1. The predicted octanol–water partition coefficient (Wildman–Crippen LogP) is 0.798. The third-order valence-corrected chi connectivity index (χ3v) is 2.00. The van der Waals surface area contributed by atoms with E-state index in [4.69, 9.17) is 5.73 Å². The zero-order valence-corrected chi connectivity index (χ0v) is 7.97. The van der Waals surface area contributed by atoms with Crippen LogP contribution >= 0.6 is 0 Å². The summed E-state index contributed by atoms with van der Waals surface area (Å²) in [6, 6.07) is 5.08. The Balaban J connectivity index is 2.26. The predicted molar refractivity (Wildman–Crippen MR) is 56.0 cm³/mol. The number of fused-ring (bicyclic) bond motifs is 1. The van der Waals surface area contributed by atoms with Crippen LogP contribution < -0.4 is 11.1 Å². The number of hydrogen-bond acceptors (Lipinski definition) is 3. The molecule has 0 bridgehead atoms. The number of primary amides is 1. The third kappa shape index (κ3) is 2.19. The molecule has 0 atom stereocenters. The van der Waals surface area contributed by atoms with Crippen LogP contribution in [0.1, 0.15) is 5.56 Å². The molecule has 1 heterocycles. The number of rotatable bonds is 2. The van der Waals surface area contributed by atoms with Crippen LogP contribution in [0.5, 0.6) is 0 Å². The van der Waals surface area contributed by atoms with Gasteiger partial charge >= 0.3 is 6.03 Å². The van der Waals surface area contributed by atoms with Gasteiger partial charge in [-0.05, 0) is 17.7 Å². The van der Waals surface area contributed by atoms with E-state index in [-0.39, 0.29) is 0 Å². The second kappa shape index (κ2) is 3.91. The highest BCUT2D eigenvalue weighted by Gasteiger charge is 1.98. The van der Waals surface area contributed by atoms with Gasteiger partial charge in [-0.3, -0.25) is 9.97 Å². The van der Waals surface area contributed by atoms with E-state index in [1.807, 2.05) is 18.2 Å². The minimum atomic E-state index is -0.533. The van der Waals surface area contributed by atoms with E-state index in [2.05, 4.69) is 15.3 Å². The fourth-order valence-corrected chi connectivity index (χ4v) is 1.31. The van der Waals surface area contributed by atoms with E-state index in [1.165, 1.54) is 0 Å². The van der Waals surface area contributed by atoms with Gasteiger partial charge in [0.15, 0.2) is 0 Å². The van der Waals surface area contributed by atoms with Gasteiger partial charge in [-0.1, -0.05) is 6.07 Å². The molecule has 0 radical (unpaired) electrons. The van der Waals surface area contributed by atoms with E-state index >= 15 is 0 Å². The number of carbonyl (C=O) groups excluding carboxylic acids is 1. The first kappa shape index (κ1) is 9.39. The maximum absolute atomic E-state index is 10.5. The molecule has 2 amide bonds. The van der Waals surface area contributed by atoms with Gasteiger partial charge in [-0.25, -0.2) is 4.79 Å². The van der Waals surface area contributed by atoms with Gasteiger partial charge in [-0.2, -0.15) is 0 Å². The highest BCUT2D eigenvalue weighted by Crippen LogP contribution is 2.10. The normalized spacial score (nSPS) is 10.1. The molecule has 0 aliphatic carbocycles. The largest absolute Gasteiger partial charge is 0.352 e. The summed E-state index contributed by atoms with van der Waals surface area (Å²) >= 11 is 0. The summed E-state index contributed by atoms with van der Waals surface area (Å²) in [6.07, 6.45) is 3.28. The van der Waals surface area contributed by atoms with Crippen LogP contribution in [-0.2, 0) is 6.54 Å². The number of nitrogens with one attached hydrogen (secondary N) is 1. The minimum Gasteiger partial charge on any atom is -0.352 e. The number of nitrogens with zero attached hydrogens (tertiary/aromatic N) is 2.